The zero-order chi connectivity index (χ0) is 14.5. The standard InChI is InChI=1S/C18H23NO/c1-4-18(20)16-8-10-17(11-9-16)19(3)13-15-7-5-6-14(2)12-15/h5-12,18,20H,4,13H2,1-3H3/t18-/m0/s1. The van der Waals surface area contributed by atoms with Crippen LogP contribution in [-0.2, 0) is 6.54 Å². The third-order valence-electron chi connectivity index (χ3n) is 3.61. The first kappa shape index (κ1) is 14.6. The summed E-state index contributed by atoms with van der Waals surface area (Å²) in [6, 6.07) is 16.7. The van der Waals surface area contributed by atoms with Crippen molar-refractivity contribution in [2.75, 3.05) is 11.9 Å². The summed E-state index contributed by atoms with van der Waals surface area (Å²) in [4.78, 5) is 2.22. The summed E-state index contributed by atoms with van der Waals surface area (Å²) in [5.74, 6) is 0. The van der Waals surface area contributed by atoms with Gasteiger partial charge in [0.05, 0.1) is 6.10 Å². The van der Waals surface area contributed by atoms with Gasteiger partial charge in [-0.25, -0.2) is 0 Å². The number of rotatable bonds is 5. The van der Waals surface area contributed by atoms with Crippen LogP contribution in [0.3, 0.4) is 0 Å². The van der Waals surface area contributed by atoms with Crippen LogP contribution in [0, 0.1) is 6.92 Å². The molecule has 1 atom stereocenters. The molecule has 0 aliphatic rings. The minimum absolute atomic E-state index is 0.355. The van der Waals surface area contributed by atoms with Gasteiger partial charge in [-0.3, -0.25) is 0 Å². The molecular formula is C18H23NO. The second-order valence-electron chi connectivity index (χ2n) is 5.36. The van der Waals surface area contributed by atoms with Gasteiger partial charge in [-0.1, -0.05) is 48.9 Å². The Kier molecular flexibility index (Phi) is 4.80. The van der Waals surface area contributed by atoms with Crippen molar-refractivity contribution in [1.82, 2.24) is 0 Å². The smallest absolute Gasteiger partial charge is 0.0787 e. The first-order chi connectivity index (χ1) is 9.60. The molecule has 0 aromatic heterocycles. The summed E-state index contributed by atoms with van der Waals surface area (Å²) >= 11 is 0. The van der Waals surface area contributed by atoms with Crippen LogP contribution in [0.1, 0.15) is 36.1 Å². The Morgan fingerprint density at radius 3 is 2.40 bits per heavy atom. The Bertz CT molecular complexity index is 548. The molecule has 0 spiro atoms. The second-order valence-corrected chi connectivity index (χ2v) is 5.36. The monoisotopic (exact) mass is 269 g/mol. The molecule has 0 bridgehead atoms. The fourth-order valence-electron chi connectivity index (χ4n) is 2.36. The van der Waals surface area contributed by atoms with Crippen LogP contribution in [0.5, 0.6) is 0 Å². The first-order valence-corrected chi connectivity index (χ1v) is 7.15. The van der Waals surface area contributed by atoms with Crippen molar-refractivity contribution in [3.05, 3.63) is 65.2 Å². The number of anilines is 1. The quantitative estimate of drug-likeness (QED) is 0.884. The Hall–Kier alpha value is -1.80. The van der Waals surface area contributed by atoms with Crippen molar-refractivity contribution in [3.63, 3.8) is 0 Å². The van der Waals surface area contributed by atoms with E-state index in [4.69, 9.17) is 0 Å². The van der Waals surface area contributed by atoms with E-state index in [-0.39, 0.29) is 6.10 Å². The summed E-state index contributed by atoms with van der Waals surface area (Å²) in [5.41, 5.74) is 4.75. The Labute approximate surface area is 121 Å². The number of benzene rings is 2. The van der Waals surface area contributed by atoms with Gasteiger partial charge in [0.2, 0.25) is 0 Å². The van der Waals surface area contributed by atoms with E-state index in [1.165, 1.54) is 16.8 Å². The van der Waals surface area contributed by atoms with Gasteiger partial charge < -0.3 is 10.0 Å². The third kappa shape index (κ3) is 3.61. The van der Waals surface area contributed by atoms with Gasteiger partial charge in [0.15, 0.2) is 0 Å². The summed E-state index contributed by atoms with van der Waals surface area (Å²) < 4.78 is 0. The van der Waals surface area contributed by atoms with Gasteiger partial charge >= 0.3 is 0 Å². The van der Waals surface area contributed by atoms with E-state index in [1.807, 2.05) is 19.1 Å². The average molecular weight is 269 g/mol. The Balaban J connectivity index is 2.07. The van der Waals surface area contributed by atoms with Gasteiger partial charge in [-0.05, 0) is 36.6 Å². The summed E-state index contributed by atoms with van der Waals surface area (Å²) in [6.07, 6.45) is 0.393. The largest absolute Gasteiger partial charge is 0.388 e. The molecule has 0 fully saturated rings. The summed E-state index contributed by atoms with van der Waals surface area (Å²) in [6.45, 7) is 4.99. The molecule has 2 aromatic rings. The maximum atomic E-state index is 9.81. The van der Waals surface area contributed by atoms with Crippen LogP contribution in [0.15, 0.2) is 48.5 Å². The Morgan fingerprint density at radius 2 is 1.80 bits per heavy atom. The number of aliphatic hydroxyl groups is 1. The van der Waals surface area contributed by atoms with Crippen molar-refractivity contribution >= 4 is 5.69 Å². The molecule has 106 valence electrons. The SMILES string of the molecule is CC[C@H](O)c1ccc(N(C)Cc2cccc(C)c2)cc1. The van der Waals surface area contributed by atoms with Crippen molar-refractivity contribution in [2.45, 2.75) is 32.9 Å². The highest BCUT2D eigenvalue weighted by Crippen LogP contribution is 2.21. The van der Waals surface area contributed by atoms with Crippen molar-refractivity contribution in [1.29, 1.82) is 0 Å². The van der Waals surface area contributed by atoms with Crippen LogP contribution in [0.25, 0.3) is 0 Å². The Morgan fingerprint density at radius 1 is 1.10 bits per heavy atom. The highest BCUT2D eigenvalue weighted by Gasteiger charge is 2.06. The van der Waals surface area contributed by atoms with Crippen molar-refractivity contribution in [3.8, 4) is 0 Å². The maximum Gasteiger partial charge on any atom is 0.0787 e. The molecule has 2 aromatic carbocycles. The molecule has 0 unspecified atom stereocenters. The summed E-state index contributed by atoms with van der Waals surface area (Å²) in [5, 5.41) is 9.81. The number of aryl methyl sites for hydroxylation is 1. The molecule has 0 radical (unpaired) electrons. The van der Waals surface area contributed by atoms with Gasteiger partial charge in [0, 0.05) is 19.3 Å². The molecule has 0 saturated heterocycles. The number of nitrogens with zero attached hydrogens (tertiary/aromatic N) is 1. The zero-order valence-corrected chi connectivity index (χ0v) is 12.5. The molecule has 2 rings (SSSR count). The normalized spacial score (nSPS) is 12.2. The van der Waals surface area contributed by atoms with Crippen LogP contribution < -0.4 is 4.90 Å². The van der Waals surface area contributed by atoms with Crippen LogP contribution in [-0.4, -0.2) is 12.2 Å². The molecule has 2 heteroatoms. The van der Waals surface area contributed by atoms with Gasteiger partial charge in [0.1, 0.15) is 0 Å². The topological polar surface area (TPSA) is 23.5 Å². The van der Waals surface area contributed by atoms with Crippen LogP contribution >= 0.6 is 0 Å². The lowest BCUT2D eigenvalue weighted by molar-refractivity contribution is 0.173. The van der Waals surface area contributed by atoms with Gasteiger partial charge in [-0.15, -0.1) is 0 Å². The molecule has 0 aliphatic carbocycles. The number of hydrogen-bond donors (Lipinski definition) is 1. The molecule has 0 amide bonds. The van der Waals surface area contributed by atoms with Crippen LogP contribution in [0.2, 0.25) is 0 Å². The average Bonchev–Trinajstić information content (AvgIpc) is 2.46. The highest BCUT2D eigenvalue weighted by molar-refractivity contribution is 5.47. The van der Waals surface area contributed by atoms with E-state index in [1.54, 1.807) is 0 Å². The fraction of sp³-hybridized carbons (Fsp3) is 0.333. The maximum absolute atomic E-state index is 9.81. The fourth-order valence-corrected chi connectivity index (χ4v) is 2.36. The van der Waals surface area contributed by atoms with E-state index in [0.29, 0.717) is 0 Å². The van der Waals surface area contributed by atoms with E-state index in [0.717, 1.165) is 18.5 Å². The molecule has 0 saturated carbocycles. The predicted octanol–water partition coefficient (Wildman–Crippen LogP) is 4.07. The minimum Gasteiger partial charge on any atom is -0.388 e. The van der Waals surface area contributed by atoms with E-state index in [2.05, 4.69) is 55.3 Å². The second kappa shape index (κ2) is 6.58. The lowest BCUT2D eigenvalue weighted by Gasteiger charge is -2.20. The zero-order valence-electron chi connectivity index (χ0n) is 12.5. The lowest BCUT2D eigenvalue weighted by Crippen LogP contribution is -2.16. The van der Waals surface area contributed by atoms with E-state index < -0.39 is 0 Å². The molecule has 0 heterocycles. The van der Waals surface area contributed by atoms with Crippen molar-refractivity contribution in [2.24, 2.45) is 0 Å². The minimum atomic E-state index is -0.355. The first-order valence-electron chi connectivity index (χ1n) is 7.15. The number of hydrogen-bond acceptors (Lipinski definition) is 2. The van der Waals surface area contributed by atoms with Gasteiger partial charge in [-0.2, -0.15) is 0 Å². The van der Waals surface area contributed by atoms with E-state index in [9.17, 15) is 5.11 Å². The predicted molar refractivity (Wildman–Crippen MR) is 85.0 cm³/mol. The lowest BCUT2D eigenvalue weighted by atomic mass is 10.1. The number of aliphatic hydroxyl groups excluding tert-OH is 1. The molecule has 20 heavy (non-hydrogen) atoms. The molecular weight excluding hydrogens is 246 g/mol. The molecule has 1 N–H and O–H groups in total. The van der Waals surface area contributed by atoms with E-state index >= 15 is 0 Å². The molecule has 2 nitrogen and oxygen atoms in total. The van der Waals surface area contributed by atoms with Gasteiger partial charge in [0.25, 0.3) is 0 Å². The third-order valence-corrected chi connectivity index (χ3v) is 3.61. The molecule has 0 aliphatic heterocycles. The van der Waals surface area contributed by atoms with Crippen molar-refractivity contribution < 1.29 is 5.11 Å². The summed E-state index contributed by atoms with van der Waals surface area (Å²) in [7, 11) is 2.09. The highest BCUT2D eigenvalue weighted by atomic mass is 16.3. The van der Waals surface area contributed by atoms with Crippen LogP contribution in [0.4, 0.5) is 5.69 Å².